The van der Waals surface area contributed by atoms with Crippen molar-refractivity contribution in [2.75, 3.05) is 6.61 Å². The van der Waals surface area contributed by atoms with Crippen LogP contribution in [0.15, 0.2) is 42.6 Å². The Labute approximate surface area is 101 Å². The van der Waals surface area contributed by atoms with E-state index in [0.717, 1.165) is 5.56 Å². The van der Waals surface area contributed by atoms with Gasteiger partial charge in [-0.15, -0.1) is 0 Å². The fraction of sp³-hybridized carbons (Fsp3) is 0.214. The number of nitrogens with zero attached hydrogens (tertiary/aromatic N) is 1. The largest absolute Gasteiger partial charge is 0.392 e. The molecule has 0 fully saturated rings. The molecule has 2 nitrogen and oxygen atoms in total. The molecule has 1 N–H and O–H groups in total. The van der Waals surface area contributed by atoms with Crippen LogP contribution in [0.2, 0.25) is 0 Å². The van der Waals surface area contributed by atoms with Crippen LogP contribution in [0.1, 0.15) is 18.2 Å². The smallest absolute Gasteiger partial charge is 0.149 e. The van der Waals surface area contributed by atoms with Gasteiger partial charge in [0.15, 0.2) is 0 Å². The number of aliphatic hydroxyl groups excluding tert-OH is 1. The van der Waals surface area contributed by atoms with Gasteiger partial charge in [0.2, 0.25) is 0 Å². The molecular weight excluding hydrogens is 217 g/mol. The topological polar surface area (TPSA) is 33.1 Å². The first-order valence-corrected chi connectivity index (χ1v) is 5.34. The van der Waals surface area contributed by atoms with E-state index in [4.69, 9.17) is 5.11 Å². The van der Waals surface area contributed by atoms with Crippen molar-refractivity contribution in [2.24, 2.45) is 0 Å². The molecule has 0 atom stereocenters. The van der Waals surface area contributed by atoms with E-state index in [1.54, 1.807) is 31.3 Å². The van der Waals surface area contributed by atoms with Crippen molar-refractivity contribution in [1.29, 1.82) is 0 Å². The van der Waals surface area contributed by atoms with E-state index in [1.165, 1.54) is 6.07 Å². The predicted octanol–water partition coefficient (Wildman–Crippen LogP) is 3.04. The maximum atomic E-state index is 13.7. The standard InChI is InChI=1S/C14H16FNO/c1-4-12(6-5-10(2)9-17)14-13(15)7-11(3)8-16-14/h4-8,17H,2,9H2,1,3H3/b6-5-,12-4+. The van der Waals surface area contributed by atoms with Crippen molar-refractivity contribution in [2.45, 2.75) is 13.8 Å². The number of aromatic nitrogens is 1. The Kier molecular flexibility index (Phi) is 4.79. The molecule has 0 amide bonds. The Morgan fingerprint density at radius 1 is 1.53 bits per heavy atom. The van der Waals surface area contributed by atoms with Crippen LogP contribution < -0.4 is 0 Å². The third kappa shape index (κ3) is 3.64. The van der Waals surface area contributed by atoms with Crippen LogP contribution in [0.3, 0.4) is 0 Å². The molecule has 1 heterocycles. The van der Waals surface area contributed by atoms with Crippen LogP contribution in [-0.2, 0) is 0 Å². The summed E-state index contributed by atoms with van der Waals surface area (Å²) in [6, 6.07) is 1.44. The molecule has 3 heteroatoms. The Balaban J connectivity index is 3.03. The van der Waals surface area contributed by atoms with Crippen LogP contribution in [-0.4, -0.2) is 16.7 Å². The average molecular weight is 233 g/mol. The average Bonchev–Trinajstić information content (AvgIpc) is 2.31. The second kappa shape index (κ2) is 6.11. The maximum absolute atomic E-state index is 13.7. The Morgan fingerprint density at radius 2 is 2.24 bits per heavy atom. The van der Waals surface area contributed by atoms with Gasteiger partial charge in [-0.25, -0.2) is 4.39 Å². The summed E-state index contributed by atoms with van der Waals surface area (Å²) in [4.78, 5) is 4.07. The predicted molar refractivity (Wildman–Crippen MR) is 67.9 cm³/mol. The van der Waals surface area contributed by atoms with Gasteiger partial charge in [-0.05, 0) is 36.6 Å². The highest BCUT2D eigenvalue weighted by atomic mass is 19.1. The lowest BCUT2D eigenvalue weighted by Gasteiger charge is -2.04. The van der Waals surface area contributed by atoms with Gasteiger partial charge in [-0.3, -0.25) is 4.98 Å². The second-order valence-electron chi connectivity index (χ2n) is 3.74. The van der Waals surface area contributed by atoms with Crippen molar-refractivity contribution in [3.05, 3.63) is 59.7 Å². The molecule has 0 aliphatic rings. The number of pyridine rings is 1. The molecule has 0 bridgehead atoms. The minimum Gasteiger partial charge on any atom is -0.392 e. The maximum Gasteiger partial charge on any atom is 0.149 e. The van der Waals surface area contributed by atoms with Crippen LogP contribution in [0.25, 0.3) is 5.57 Å². The molecule has 0 aliphatic carbocycles. The normalized spacial score (nSPS) is 12.1. The molecule has 90 valence electrons. The quantitative estimate of drug-likeness (QED) is 0.811. The van der Waals surface area contributed by atoms with Crippen molar-refractivity contribution in [3.63, 3.8) is 0 Å². The monoisotopic (exact) mass is 233 g/mol. The van der Waals surface area contributed by atoms with Crippen LogP contribution in [0.4, 0.5) is 4.39 Å². The van der Waals surface area contributed by atoms with Gasteiger partial charge < -0.3 is 5.11 Å². The van der Waals surface area contributed by atoms with Crippen molar-refractivity contribution < 1.29 is 9.50 Å². The zero-order valence-electron chi connectivity index (χ0n) is 10.1. The van der Waals surface area contributed by atoms with Crippen LogP contribution in [0, 0.1) is 12.7 Å². The molecule has 0 unspecified atom stereocenters. The van der Waals surface area contributed by atoms with E-state index in [2.05, 4.69) is 11.6 Å². The number of aryl methyl sites for hydroxylation is 1. The highest BCUT2D eigenvalue weighted by Crippen LogP contribution is 2.18. The zero-order valence-corrected chi connectivity index (χ0v) is 10.1. The molecule has 0 spiro atoms. The second-order valence-corrected chi connectivity index (χ2v) is 3.74. The molecule has 1 rings (SSSR count). The molecule has 1 aromatic rings. The van der Waals surface area contributed by atoms with Crippen molar-refractivity contribution in [3.8, 4) is 0 Å². The third-order valence-corrected chi connectivity index (χ3v) is 2.26. The Morgan fingerprint density at radius 3 is 2.76 bits per heavy atom. The summed E-state index contributed by atoms with van der Waals surface area (Å²) < 4.78 is 13.7. The van der Waals surface area contributed by atoms with E-state index >= 15 is 0 Å². The zero-order chi connectivity index (χ0) is 12.8. The summed E-state index contributed by atoms with van der Waals surface area (Å²) >= 11 is 0. The first-order valence-electron chi connectivity index (χ1n) is 5.34. The Bertz CT molecular complexity index is 475. The lowest BCUT2D eigenvalue weighted by atomic mass is 10.1. The number of hydrogen-bond acceptors (Lipinski definition) is 2. The van der Waals surface area contributed by atoms with E-state index in [0.29, 0.717) is 16.8 Å². The van der Waals surface area contributed by atoms with Crippen LogP contribution in [0.5, 0.6) is 0 Å². The summed E-state index contributed by atoms with van der Waals surface area (Å²) in [5, 5.41) is 8.82. The van der Waals surface area contributed by atoms with Gasteiger partial charge in [0.1, 0.15) is 11.5 Å². The molecular formula is C14H16FNO. The number of aliphatic hydroxyl groups is 1. The van der Waals surface area contributed by atoms with Gasteiger partial charge in [0.05, 0.1) is 6.61 Å². The fourth-order valence-electron chi connectivity index (χ4n) is 1.32. The summed E-state index contributed by atoms with van der Waals surface area (Å²) in [7, 11) is 0. The minimum absolute atomic E-state index is 0.114. The summed E-state index contributed by atoms with van der Waals surface area (Å²) in [6.45, 7) is 7.12. The lowest BCUT2D eigenvalue weighted by Crippen LogP contribution is -1.94. The van der Waals surface area contributed by atoms with E-state index < -0.39 is 0 Å². The highest BCUT2D eigenvalue weighted by Gasteiger charge is 2.06. The van der Waals surface area contributed by atoms with Crippen molar-refractivity contribution in [1.82, 2.24) is 4.98 Å². The van der Waals surface area contributed by atoms with Gasteiger partial charge >= 0.3 is 0 Å². The molecule has 0 aliphatic heterocycles. The lowest BCUT2D eigenvalue weighted by molar-refractivity contribution is 0.335. The summed E-state index contributed by atoms with van der Waals surface area (Å²) in [5.41, 5.74) is 2.32. The molecule has 0 radical (unpaired) electrons. The molecule has 0 saturated carbocycles. The van der Waals surface area contributed by atoms with Gasteiger partial charge in [0, 0.05) is 6.20 Å². The van der Waals surface area contributed by atoms with Crippen LogP contribution >= 0.6 is 0 Å². The van der Waals surface area contributed by atoms with Gasteiger partial charge in [0.25, 0.3) is 0 Å². The molecule has 17 heavy (non-hydrogen) atoms. The minimum atomic E-state index is -0.350. The number of hydrogen-bond donors (Lipinski definition) is 1. The SMILES string of the molecule is C=C(/C=C\C(=C/C)c1ncc(C)cc1F)CO. The first kappa shape index (κ1) is 13.3. The highest BCUT2D eigenvalue weighted by molar-refractivity contribution is 5.72. The van der Waals surface area contributed by atoms with E-state index in [1.807, 2.05) is 6.92 Å². The molecule has 0 aromatic carbocycles. The summed E-state index contributed by atoms with van der Waals surface area (Å²) in [5.74, 6) is -0.350. The van der Waals surface area contributed by atoms with Gasteiger partial charge in [-0.2, -0.15) is 0 Å². The number of halogens is 1. The van der Waals surface area contributed by atoms with Gasteiger partial charge in [-0.1, -0.05) is 24.8 Å². The number of allylic oxidation sites excluding steroid dienone is 3. The molecule has 0 saturated heterocycles. The third-order valence-electron chi connectivity index (χ3n) is 2.26. The fourth-order valence-corrected chi connectivity index (χ4v) is 1.32. The Hall–Kier alpha value is -1.74. The number of rotatable bonds is 4. The molecule has 1 aromatic heterocycles. The van der Waals surface area contributed by atoms with Crippen molar-refractivity contribution >= 4 is 5.57 Å². The first-order chi connectivity index (χ1) is 8.08. The van der Waals surface area contributed by atoms with E-state index in [9.17, 15) is 4.39 Å². The summed E-state index contributed by atoms with van der Waals surface area (Å²) in [6.07, 6.45) is 6.73. The van der Waals surface area contributed by atoms with E-state index in [-0.39, 0.29) is 12.4 Å².